The van der Waals surface area contributed by atoms with E-state index in [-0.39, 0.29) is 30.6 Å². The summed E-state index contributed by atoms with van der Waals surface area (Å²) in [5, 5.41) is 12.3. The lowest BCUT2D eigenvalue weighted by Gasteiger charge is -2.27. The maximum absolute atomic E-state index is 12.6. The predicted molar refractivity (Wildman–Crippen MR) is 120 cm³/mol. The molecule has 3 rings (SSSR count). The molecule has 2 aromatic carbocycles. The monoisotopic (exact) mass is 438 g/mol. The second-order valence-corrected chi connectivity index (χ2v) is 8.28. The summed E-state index contributed by atoms with van der Waals surface area (Å²) in [7, 11) is 0. The first-order chi connectivity index (χ1) is 15.5. The summed E-state index contributed by atoms with van der Waals surface area (Å²) < 4.78 is 5.55. The standard InChI is InChI=1S/C25H30N2O5/c26-15-18-6-10-20(11-7-18)24(29)27-22(25(30)31)14-17-8-12-21(13-9-17)32-16-23(28)19-4-2-1-3-5-19/h1-5,8-9,12-13,18,20,22H,6-7,10-11,14-16,26H2,(H,27,29)(H,30,31)/t18?,20?,22-/m0/s1. The van der Waals surface area contributed by atoms with E-state index in [0.717, 1.165) is 31.2 Å². The molecule has 0 aromatic heterocycles. The zero-order chi connectivity index (χ0) is 22.9. The lowest BCUT2D eigenvalue weighted by atomic mass is 9.81. The fourth-order valence-electron chi connectivity index (χ4n) is 3.96. The molecular formula is C25H30N2O5. The first-order valence-electron chi connectivity index (χ1n) is 11.0. The summed E-state index contributed by atoms with van der Waals surface area (Å²) in [5.74, 6) is -0.569. The number of Topliss-reactive ketones (excluding diaryl/α,β-unsaturated/α-hetero) is 1. The Balaban J connectivity index is 1.51. The molecule has 1 atom stereocenters. The van der Waals surface area contributed by atoms with E-state index in [4.69, 9.17) is 10.5 Å². The van der Waals surface area contributed by atoms with E-state index in [2.05, 4.69) is 5.32 Å². The fraction of sp³-hybridized carbons (Fsp3) is 0.400. The molecule has 7 heteroatoms. The Morgan fingerprint density at radius 2 is 1.66 bits per heavy atom. The van der Waals surface area contributed by atoms with E-state index in [1.54, 1.807) is 48.5 Å². The highest BCUT2D eigenvalue weighted by Crippen LogP contribution is 2.28. The van der Waals surface area contributed by atoms with Crippen molar-refractivity contribution in [2.45, 2.75) is 38.1 Å². The van der Waals surface area contributed by atoms with Gasteiger partial charge in [-0.15, -0.1) is 0 Å². The van der Waals surface area contributed by atoms with Crippen LogP contribution in [0.15, 0.2) is 54.6 Å². The number of hydrogen-bond donors (Lipinski definition) is 3. The molecule has 0 heterocycles. The number of rotatable bonds is 10. The van der Waals surface area contributed by atoms with Gasteiger partial charge in [0.15, 0.2) is 12.4 Å². The zero-order valence-corrected chi connectivity index (χ0v) is 18.0. The average molecular weight is 439 g/mol. The maximum Gasteiger partial charge on any atom is 0.326 e. The molecule has 0 radical (unpaired) electrons. The van der Waals surface area contributed by atoms with Crippen molar-refractivity contribution in [3.05, 3.63) is 65.7 Å². The number of benzene rings is 2. The van der Waals surface area contributed by atoms with Crippen LogP contribution in [0.5, 0.6) is 5.75 Å². The number of carboxylic acids is 1. The van der Waals surface area contributed by atoms with E-state index in [1.807, 2.05) is 6.07 Å². The minimum atomic E-state index is -1.07. The topological polar surface area (TPSA) is 119 Å². The molecule has 0 bridgehead atoms. The van der Waals surface area contributed by atoms with Crippen molar-refractivity contribution in [2.75, 3.05) is 13.2 Å². The molecule has 170 valence electrons. The largest absolute Gasteiger partial charge is 0.485 e. The van der Waals surface area contributed by atoms with Gasteiger partial charge < -0.3 is 20.9 Å². The first kappa shape index (κ1) is 23.5. The molecule has 1 aliphatic carbocycles. The number of aliphatic carboxylic acids is 1. The molecular weight excluding hydrogens is 408 g/mol. The number of carbonyl (C=O) groups excluding carboxylic acids is 2. The van der Waals surface area contributed by atoms with Gasteiger partial charge in [0.2, 0.25) is 5.91 Å². The average Bonchev–Trinajstić information content (AvgIpc) is 2.83. The Kier molecular flexibility index (Phi) is 8.39. The summed E-state index contributed by atoms with van der Waals surface area (Å²) >= 11 is 0. The van der Waals surface area contributed by atoms with Gasteiger partial charge in [0.25, 0.3) is 0 Å². The first-order valence-corrected chi connectivity index (χ1v) is 11.0. The molecule has 1 aliphatic rings. The number of ketones is 1. The van der Waals surface area contributed by atoms with Crippen LogP contribution >= 0.6 is 0 Å². The second-order valence-electron chi connectivity index (χ2n) is 8.28. The number of carbonyl (C=O) groups is 3. The molecule has 1 fully saturated rings. The molecule has 7 nitrogen and oxygen atoms in total. The zero-order valence-electron chi connectivity index (χ0n) is 18.0. The van der Waals surface area contributed by atoms with Crippen molar-refractivity contribution in [1.82, 2.24) is 5.32 Å². The van der Waals surface area contributed by atoms with Crippen molar-refractivity contribution in [3.63, 3.8) is 0 Å². The van der Waals surface area contributed by atoms with Gasteiger partial charge in [-0.25, -0.2) is 4.79 Å². The highest BCUT2D eigenvalue weighted by atomic mass is 16.5. The number of hydrogen-bond acceptors (Lipinski definition) is 5. The molecule has 0 spiro atoms. The van der Waals surface area contributed by atoms with E-state index < -0.39 is 12.0 Å². The Bertz CT molecular complexity index is 906. The van der Waals surface area contributed by atoms with Crippen LogP contribution in [0.3, 0.4) is 0 Å². The summed E-state index contributed by atoms with van der Waals surface area (Å²) in [5.41, 5.74) is 7.04. The number of ether oxygens (including phenoxy) is 1. The minimum Gasteiger partial charge on any atom is -0.485 e. The van der Waals surface area contributed by atoms with Crippen LogP contribution in [-0.4, -0.2) is 42.0 Å². The van der Waals surface area contributed by atoms with E-state index in [1.165, 1.54) is 0 Å². The quantitative estimate of drug-likeness (QED) is 0.491. The normalized spacial score (nSPS) is 19.0. The summed E-state index contributed by atoms with van der Waals surface area (Å²) in [4.78, 5) is 36.4. The smallest absolute Gasteiger partial charge is 0.326 e. The summed E-state index contributed by atoms with van der Waals surface area (Å²) in [6.07, 6.45) is 3.46. The van der Waals surface area contributed by atoms with Crippen LogP contribution < -0.4 is 15.8 Å². The second kappa shape index (κ2) is 11.4. The molecule has 0 unspecified atom stereocenters. The van der Waals surface area contributed by atoms with Gasteiger partial charge in [-0.05, 0) is 55.8 Å². The molecule has 1 amide bonds. The van der Waals surface area contributed by atoms with Crippen LogP contribution in [-0.2, 0) is 16.0 Å². The van der Waals surface area contributed by atoms with Gasteiger partial charge in [-0.2, -0.15) is 0 Å². The van der Waals surface area contributed by atoms with Crippen molar-refractivity contribution < 1.29 is 24.2 Å². The molecule has 4 N–H and O–H groups in total. The third-order valence-electron chi connectivity index (χ3n) is 5.99. The SMILES string of the molecule is NCC1CCC(C(=O)N[C@@H](Cc2ccc(OCC(=O)c3ccccc3)cc2)C(=O)O)CC1. The van der Waals surface area contributed by atoms with Gasteiger partial charge in [0.1, 0.15) is 11.8 Å². The van der Waals surface area contributed by atoms with Gasteiger partial charge in [0, 0.05) is 17.9 Å². The molecule has 0 aliphatic heterocycles. The number of carboxylic acid groups (broad SMARTS) is 1. The van der Waals surface area contributed by atoms with E-state index in [0.29, 0.717) is 23.8 Å². The molecule has 0 saturated heterocycles. The third-order valence-corrected chi connectivity index (χ3v) is 5.99. The van der Waals surface area contributed by atoms with E-state index in [9.17, 15) is 19.5 Å². The van der Waals surface area contributed by atoms with Crippen LogP contribution in [0.1, 0.15) is 41.6 Å². The maximum atomic E-state index is 12.6. The van der Waals surface area contributed by atoms with E-state index >= 15 is 0 Å². The van der Waals surface area contributed by atoms with Crippen LogP contribution in [0.4, 0.5) is 0 Å². The van der Waals surface area contributed by atoms with Crippen molar-refractivity contribution in [1.29, 1.82) is 0 Å². The lowest BCUT2D eigenvalue weighted by Crippen LogP contribution is -2.45. The summed E-state index contributed by atoms with van der Waals surface area (Å²) in [6.45, 7) is 0.551. The van der Waals surface area contributed by atoms with Gasteiger partial charge in [-0.1, -0.05) is 42.5 Å². The van der Waals surface area contributed by atoms with Gasteiger partial charge in [0.05, 0.1) is 0 Å². The van der Waals surface area contributed by atoms with Crippen LogP contribution in [0.2, 0.25) is 0 Å². The summed E-state index contributed by atoms with van der Waals surface area (Å²) in [6, 6.07) is 14.8. The number of nitrogens with one attached hydrogen (secondary N) is 1. The lowest BCUT2D eigenvalue weighted by molar-refractivity contribution is -0.142. The van der Waals surface area contributed by atoms with Gasteiger partial charge >= 0.3 is 5.97 Å². The Morgan fingerprint density at radius 1 is 1.00 bits per heavy atom. The molecule has 1 saturated carbocycles. The highest BCUT2D eigenvalue weighted by molar-refractivity contribution is 5.97. The minimum absolute atomic E-state index is 0.0798. The van der Waals surface area contributed by atoms with Crippen molar-refractivity contribution in [2.24, 2.45) is 17.6 Å². The molecule has 2 aromatic rings. The van der Waals surface area contributed by atoms with Crippen molar-refractivity contribution in [3.8, 4) is 5.75 Å². The number of nitrogens with two attached hydrogens (primary N) is 1. The van der Waals surface area contributed by atoms with Crippen LogP contribution in [0, 0.1) is 11.8 Å². The van der Waals surface area contributed by atoms with Crippen molar-refractivity contribution >= 4 is 17.7 Å². The number of amides is 1. The van der Waals surface area contributed by atoms with Gasteiger partial charge in [-0.3, -0.25) is 9.59 Å². The Hall–Kier alpha value is -3.19. The highest BCUT2D eigenvalue weighted by Gasteiger charge is 2.29. The Labute approximate surface area is 188 Å². The third kappa shape index (κ3) is 6.65. The Morgan fingerprint density at radius 3 is 2.25 bits per heavy atom. The molecule has 32 heavy (non-hydrogen) atoms. The predicted octanol–water partition coefficient (Wildman–Crippen LogP) is 2.83. The van der Waals surface area contributed by atoms with Crippen LogP contribution in [0.25, 0.3) is 0 Å². The fourth-order valence-corrected chi connectivity index (χ4v) is 3.96.